The van der Waals surface area contributed by atoms with Gasteiger partial charge in [-0.1, -0.05) is 0 Å². The van der Waals surface area contributed by atoms with Crippen molar-refractivity contribution in [3.8, 4) is 0 Å². The summed E-state index contributed by atoms with van der Waals surface area (Å²) in [6.45, 7) is -1.38. The van der Waals surface area contributed by atoms with E-state index in [2.05, 4.69) is 0 Å². The molecule has 0 aliphatic carbocycles. The predicted octanol–water partition coefficient (Wildman–Crippen LogP) is 1.00. The summed E-state index contributed by atoms with van der Waals surface area (Å²) in [5.74, 6) is 0. The SMILES string of the molecule is Cl.OC(CF)C(F)F. The first-order valence-electron chi connectivity index (χ1n) is 1.70. The Balaban J connectivity index is 0. The zero-order valence-corrected chi connectivity index (χ0v) is 4.67. The summed E-state index contributed by atoms with van der Waals surface area (Å²) >= 11 is 0. The van der Waals surface area contributed by atoms with E-state index in [1.807, 2.05) is 0 Å². The van der Waals surface area contributed by atoms with Gasteiger partial charge in [-0.05, 0) is 0 Å². The molecule has 0 aromatic heterocycles. The standard InChI is InChI=1S/C3H5F3O.ClH/c4-1-2(7)3(5)6;/h2-3,7H,1H2;1H. The maximum Gasteiger partial charge on any atom is 0.266 e. The number of alkyl halides is 3. The van der Waals surface area contributed by atoms with Crippen LogP contribution in [0.25, 0.3) is 0 Å². The number of halogens is 4. The summed E-state index contributed by atoms with van der Waals surface area (Å²) in [4.78, 5) is 0. The zero-order valence-electron chi connectivity index (χ0n) is 3.85. The van der Waals surface area contributed by atoms with Crippen LogP contribution in [0.5, 0.6) is 0 Å². The molecule has 5 heteroatoms. The normalized spacial score (nSPS) is 13.1. The van der Waals surface area contributed by atoms with Crippen LogP contribution in [0, 0.1) is 0 Å². The molecule has 52 valence electrons. The number of hydrogen-bond acceptors (Lipinski definition) is 1. The lowest BCUT2D eigenvalue weighted by atomic mass is 10.4. The maximum atomic E-state index is 10.9. The van der Waals surface area contributed by atoms with Crippen LogP contribution < -0.4 is 0 Å². The molecule has 0 spiro atoms. The molecule has 0 aliphatic heterocycles. The second kappa shape index (κ2) is 5.18. The first kappa shape index (κ1) is 10.9. The fourth-order valence-electron chi connectivity index (χ4n) is 0.0673. The molecule has 1 N–H and O–H groups in total. The van der Waals surface area contributed by atoms with Gasteiger partial charge in [0.1, 0.15) is 12.8 Å². The fourth-order valence-corrected chi connectivity index (χ4v) is 0.0673. The molecule has 0 fully saturated rings. The predicted molar refractivity (Wildman–Crippen MR) is 25.2 cm³/mol. The van der Waals surface area contributed by atoms with Crippen LogP contribution >= 0.6 is 12.4 Å². The van der Waals surface area contributed by atoms with Crippen molar-refractivity contribution in [2.75, 3.05) is 6.67 Å². The van der Waals surface area contributed by atoms with Crippen LogP contribution in [0.3, 0.4) is 0 Å². The van der Waals surface area contributed by atoms with Crippen LogP contribution in [0.2, 0.25) is 0 Å². The monoisotopic (exact) mass is 150 g/mol. The molecule has 0 saturated heterocycles. The molecule has 0 aliphatic rings. The largest absolute Gasteiger partial charge is 0.384 e. The Bertz CT molecular complexity index is 51.8. The van der Waals surface area contributed by atoms with Gasteiger partial charge in [0, 0.05) is 0 Å². The van der Waals surface area contributed by atoms with E-state index in [1.54, 1.807) is 0 Å². The van der Waals surface area contributed by atoms with Crippen LogP contribution in [-0.2, 0) is 0 Å². The molecule has 0 heterocycles. The minimum absolute atomic E-state index is 0. The number of hydrogen-bond donors (Lipinski definition) is 1. The highest BCUT2D eigenvalue weighted by Gasteiger charge is 2.14. The van der Waals surface area contributed by atoms with Gasteiger partial charge in [0.05, 0.1) is 0 Å². The highest BCUT2D eigenvalue weighted by Crippen LogP contribution is 1.99. The van der Waals surface area contributed by atoms with Gasteiger partial charge in [0.2, 0.25) is 0 Å². The molecule has 0 amide bonds. The first-order chi connectivity index (χ1) is 3.18. The van der Waals surface area contributed by atoms with Crippen LogP contribution in [0.1, 0.15) is 0 Å². The van der Waals surface area contributed by atoms with Crippen molar-refractivity contribution in [2.24, 2.45) is 0 Å². The van der Waals surface area contributed by atoms with Crippen molar-refractivity contribution in [3.05, 3.63) is 0 Å². The third-order valence-corrected chi connectivity index (χ3v) is 0.449. The Kier molecular flexibility index (Phi) is 7.08. The quantitative estimate of drug-likeness (QED) is 0.623. The molecule has 0 aromatic carbocycles. The lowest BCUT2D eigenvalue weighted by Crippen LogP contribution is -2.18. The van der Waals surface area contributed by atoms with E-state index in [0.717, 1.165) is 0 Å². The zero-order chi connectivity index (χ0) is 5.86. The van der Waals surface area contributed by atoms with Crippen molar-refractivity contribution >= 4 is 12.4 Å². The van der Waals surface area contributed by atoms with Gasteiger partial charge in [0.15, 0.2) is 0 Å². The van der Waals surface area contributed by atoms with E-state index in [1.165, 1.54) is 0 Å². The lowest BCUT2D eigenvalue weighted by molar-refractivity contribution is -0.0169. The van der Waals surface area contributed by atoms with Gasteiger partial charge in [-0.15, -0.1) is 12.4 Å². The molecular weight excluding hydrogens is 144 g/mol. The van der Waals surface area contributed by atoms with Crippen molar-refractivity contribution in [3.63, 3.8) is 0 Å². The molecule has 0 bridgehead atoms. The van der Waals surface area contributed by atoms with E-state index in [0.29, 0.717) is 0 Å². The summed E-state index contributed by atoms with van der Waals surface area (Å²) in [6, 6.07) is 0. The summed E-state index contributed by atoms with van der Waals surface area (Å²) in [5, 5.41) is 7.81. The summed E-state index contributed by atoms with van der Waals surface area (Å²) in [7, 11) is 0. The van der Waals surface area contributed by atoms with Crippen molar-refractivity contribution in [1.82, 2.24) is 0 Å². The van der Waals surface area contributed by atoms with Gasteiger partial charge >= 0.3 is 0 Å². The highest BCUT2D eigenvalue weighted by molar-refractivity contribution is 5.85. The van der Waals surface area contributed by atoms with Crippen molar-refractivity contribution < 1.29 is 18.3 Å². The molecule has 1 nitrogen and oxygen atoms in total. The van der Waals surface area contributed by atoms with Crippen molar-refractivity contribution in [1.29, 1.82) is 0 Å². The average molecular weight is 151 g/mol. The number of rotatable bonds is 2. The lowest BCUT2D eigenvalue weighted by Gasteiger charge is -2.00. The third-order valence-electron chi connectivity index (χ3n) is 0.449. The third kappa shape index (κ3) is 4.21. The van der Waals surface area contributed by atoms with Gasteiger partial charge in [-0.25, -0.2) is 13.2 Å². The van der Waals surface area contributed by atoms with Gasteiger partial charge in [-0.2, -0.15) is 0 Å². The fraction of sp³-hybridized carbons (Fsp3) is 1.00. The second-order valence-corrected chi connectivity index (χ2v) is 1.06. The minimum Gasteiger partial charge on any atom is -0.384 e. The molecule has 0 aromatic rings. The second-order valence-electron chi connectivity index (χ2n) is 1.06. The molecule has 0 saturated carbocycles. The molecule has 8 heavy (non-hydrogen) atoms. The average Bonchev–Trinajstić information content (AvgIpc) is 1.65. The number of aliphatic hydroxyl groups excluding tert-OH is 1. The molecular formula is C3H6ClF3O. The number of aliphatic hydroxyl groups is 1. The summed E-state index contributed by atoms with van der Waals surface area (Å²) < 4.78 is 32.8. The molecule has 1 atom stereocenters. The molecule has 0 rings (SSSR count). The summed E-state index contributed by atoms with van der Waals surface area (Å²) in [5.41, 5.74) is 0. The van der Waals surface area contributed by atoms with Gasteiger partial charge < -0.3 is 5.11 Å². The topological polar surface area (TPSA) is 20.2 Å². The van der Waals surface area contributed by atoms with Crippen LogP contribution in [0.15, 0.2) is 0 Å². The summed E-state index contributed by atoms with van der Waals surface area (Å²) in [6.07, 6.45) is -5.05. The van der Waals surface area contributed by atoms with E-state index < -0.39 is 19.2 Å². The first-order valence-corrected chi connectivity index (χ1v) is 1.70. The Labute approximate surface area is 50.9 Å². The molecule has 1 unspecified atom stereocenters. The maximum absolute atomic E-state index is 10.9. The van der Waals surface area contributed by atoms with E-state index >= 15 is 0 Å². The Morgan fingerprint density at radius 3 is 1.75 bits per heavy atom. The highest BCUT2D eigenvalue weighted by atomic mass is 35.5. The van der Waals surface area contributed by atoms with E-state index in [-0.39, 0.29) is 12.4 Å². The Morgan fingerprint density at radius 1 is 1.38 bits per heavy atom. The Hall–Kier alpha value is 0.0400. The van der Waals surface area contributed by atoms with Crippen LogP contribution in [-0.4, -0.2) is 24.3 Å². The molecule has 0 radical (unpaired) electrons. The van der Waals surface area contributed by atoms with Gasteiger partial charge in [0.25, 0.3) is 6.43 Å². The van der Waals surface area contributed by atoms with E-state index in [4.69, 9.17) is 5.11 Å². The van der Waals surface area contributed by atoms with Crippen molar-refractivity contribution in [2.45, 2.75) is 12.5 Å². The Morgan fingerprint density at radius 2 is 1.75 bits per heavy atom. The van der Waals surface area contributed by atoms with E-state index in [9.17, 15) is 13.2 Å². The minimum atomic E-state index is -2.95. The smallest absolute Gasteiger partial charge is 0.266 e. The van der Waals surface area contributed by atoms with Crippen LogP contribution in [0.4, 0.5) is 13.2 Å². The van der Waals surface area contributed by atoms with Gasteiger partial charge in [-0.3, -0.25) is 0 Å².